The standard InChI is InChI=1S/C42H35BN2S/c1-42(2,3)29-15-19-33-37(23-29)46-41-40(33)45(31-17-12-25-8-10-28(25)22-31)36-6-4-5-35-38(36)43(41)34-20-14-26-13-18-32(26)39(34)44(35)30-16-11-24-7-9-27(24)21-30/h4-6,11-12,14-17,19-23H,7-10,13,18H2,1-3H3. The van der Waals surface area contributed by atoms with Crippen molar-refractivity contribution >= 4 is 78.0 Å². The fraction of sp³-hybridized carbons (Fsp3) is 0.238. The van der Waals surface area contributed by atoms with Crippen LogP contribution in [0.15, 0.2) is 84.9 Å². The molecular formula is C42H35BN2S. The van der Waals surface area contributed by atoms with Crippen molar-refractivity contribution in [3.63, 3.8) is 0 Å². The highest BCUT2D eigenvalue weighted by atomic mass is 32.1. The number of fused-ring (bicyclic) bond motifs is 10. The van der Waals surface area contributed by atoms with Crippen molar-refractivity contribution in [2.45, 2.75) is 64.7 Å². The highest BCUT2D eigenvalue weighted by Crippen LogP contribution is 2.50. The first-order valence-corrected chi connectivity index (χ1v) is 17.9. The smallest absolute Gasteiger partial charge is 0.264 e. The Balaban J connectivity index is 1.24. The molecule has 2 aliphatic heterocycles. The van der Waals surface area contributed by atoms with Gasteiger partial charge in [-0.05, 0) is 136 Å². The first kappa shape index (κ1) is 25.9. The highest BCUT2D eigenvalue weighted by Gasteiger charge is 2.46. The molecule has 0 unspecified atom stereocenters. The summed E-state index contributed by atoms with van der Waals surface area (Å²) in [5, 5.41) is 1.38. The molecule has 4 heteroatoms. The molecule has 3 aliphatic carbocycles. The van der Waals surface area contributed by atoms with E-state index in [0.717, 1.165) is 6.42 Å². The molecule has 1 aromatic heterocycles. The Bertz CT molecular complexity index is 2340. The van der Waals surface area contributed by atoms with E-state index in [-0.39, 0.29) is 12.1 Å². The van der Waals surface area contributed by atoms with Gasteiger partial charge in [0.15, 0.2) is 0 Å². The van der Waals surface area contributed by atoms with Crippen LogP contribution in [0.5, 0.6) is 0 Å². The predicted molar refractivity (Wildman–Crippen MR) is 197 cm³/mol. The third kappa shape index (κ3) is 3.28. The summed E-state index contributed by atoms with van der Waals surface area (Å²) in [7, 11) is 0. The van der Waals surface area contributed by atoms with Crippen LogP contribution in [0.2, 0.25) is 0 Å². The van der Waals surface area contributed by atoms with E-state index in [1.807, 2.05) is 11.3 Å². The number of benzene rings is 5. The van der Waals surface area contributed by atoms with Crippen molar-refractivity contribution in [2.24, 2.45) is 0 Å². The van der Waals surface area contributed by atoms with Gasteiger partial charge in [0.1, 0.15) is 0 Å². The van der Waals surface area contributed by atoms with Crippen molar-refractivity contribution in [3.8, 4) is 0 Å². The van der Waals surface area contributed by atoms with Crippen LogP contribution in [0, 0.1) is 0 Å². The second-order valence-corrected chi connectivity index (χ2v) is 16.2. The molecule has 0 N–H and O–H groups in total. The summed E-state index contributed by atoms with van der Waals surface area (Å²) in [6, 6.07) is 33.8. The minimum atomic E-state index is 0.105. The number of thiophene rings is 1. The lowest BCUT2D eigenvalue weighted by atomic mass is 9.35. The number of hydrogen-bond acceptors (Lipinski definition) is 3. The number of nitrogens with zero attached hydrogens (tertiary/aromatic N) is 2. The summed E-state index contributed by atoms with van der Waals surface area (Å²) in [6.45, 7) is 7.21. The maximum absolute atomic E-state index is 2.65. The van der Waals surface area contributed by atoms with Crippen LogP contribution < -0.4 is 25.5 Å². The van der Waals surface area contributed by atoms with Gasteiger partial charge in [0.2, 0.25) is 0 Å². The van der Waals surface area contributed by atoms with E-state index in [2.05, 4.69) is 116 Å². The SMILES string of the molecule is CC(C)(C)c1ccc2c3c(sc2c1)B1c2ccc4c(c2N(c2ccc5c(c2)CC5)c2cccc(c21)N3c1ccc2c(c1)CC2)CC4. The second-order valence-electron chi connectivity index (χ2n) is 15.1. The zero-order chi connectivity index (χ0) is 30.5. The minimum absolute atomic E-state index is 0.105. The molecule has 3 heterocycles. The van der Waals surface area contributed by atoms with E-state index in [4.69, 9.17) is 0 Å². The Kier molecular flexibility index (Phi) is 4.92. The van der Waals surface area contributed by atoms with E-state index in [9.17, 15) is 0 Å². The van der Waals surface area contributed by atoms with Crippen molar-refractivity contribution in [1.82, 2.24) is 0 Å². The summed E-state index contributed by atoms with van der Waals surface area (Å²) in [5.74, 6) is 0. The average Bonchev–Trinajstić information content (AvgIpc) is 3.37. The van der Waals surface area contributed by atoms with Crippen molar-refractivity contribution < 1.29 is 0 Å². The van der Waals surface area contributed by atoms with Crippen molar-refractivity contribution in [2.75, 3.05) is 9.80 Å². The van der Waals surface area contributed by atoms with Crippen LogP contribution in [0.25, 0.3) is 10.1 Å². The molecule has 0 saturated carbocycles. The van der Waals surface area contributed by atoms with Crippen LogP contribution in [0.3, 0.4) is 0 Å². The molecule has 5 aromatic carbocycles. The van der Waals surface area contributed by atoms with Gasteiger partial charge in [0.05, 0.1) is 5.69 Å². The van der Waals surface area contributed by atoms with Crippen molar-refractivity contribution in [3.05, 3.63) is 124 Å². The van der Waals surface area contributed by atoms with Crippen LogP contribution in [0.4, 0.5) is 34.1 Å². The van der Waals surface area contributed by atoms with E-state index in [0.29, 0.717) is 0 Å². The Morgan fingerprint density at radius 2 is 1.24 bits per heavy atom. The van der Waals surface area contributed by atoms with Crippen LogP contribution in [-0.4, -0.2) is 6.71 Å². The highest BCUT2D eigenvalue weighted by molar-refractivity contribution is 7.33. The lowest BCUT2D eigenvalue weighted by Gasteiger charge is -2.45. The van der Waals surface area contributed by atoms with Crippen LogP contribution >= 0.6 is 11.3 Å². The zero-order valence-corrected chi connectivity index (χ0v) is 27.5. The van der Waals surface area contributed by atoms with Gasteiger partial charge in [-0.15, -0.1) is 11.3 Å². The number of aryl methyl sites for hydroxylation is 5. The molecule has 0 radical (unpaired) electrons. The van der Waals surface area contributed by atoms with Crippen molar-refractivity contribution in [1.29, 1.82) is 0 Å². The third-order valence-corrected chi connectivity index (χ3v) is 12.9. The van der Waals surface area contributed by atoms with Gasteiger partial charge in [-0.3, -0.25) is 0 Å². The normalized spacial score (nSPS) is 16.4. The Hall–Kier alpha value is -4.28. The number of rotatable bonds is 2. The number of anilines is 6. The Morgan fingerprint density at radius 3 is 1.83 bits per heavy atom. The summed E-state index contributed by atoms with van der Waals surface area (Å²) in [6.07, 6.45) is 7.15. The molecule has 0 fully saturated rings. The Morgan fingerprint density at radius 1 is 0.609 bits per heavy atom. The molecule has 0 atom stereocenters. The number of hydrogen-bond donors (Lipinski definition) is 0. The van der Waals surface area contributed by atoms with Gasteiger partial charge in [0.25, 0.3) is 6.71 Å². The largest absolute Gasteiger partial charge is 0.311 e. The van der Waals surface area contributed by atoms with Gasteiger partial charge < -0.3 is 9.80 Å². The van der Waals surface area contributed by atoms with Crippen LogP contribution in [0.1, 0.15) is 59.7 Å². The molecule has 0 saturated heterocycles. The fourth-order valence-corrected chi connectivity index (χ4v) is 10.2. The van der Waals surface area contributed by atoms with Gasteiger partial charge in [0, 0.05) is 43.3 Å². The molecule has 11 rings (SSSR count). The minimum Gasteiger partial charge on any atom is -0.311 e. The van der Waals surface area contributed by atoms with Crippen LogP contribution in [-0.2, 0) is 43.9 Å². The molecule has 0 spiro atoms. The third-order valence-electron chi connectivity index (χ3n) is 11.7. The first-order chi connectivity index (χ1) is 22.4. The predicted octanol–water partition coefficient (Wildman–Crippen LogP) is 8.58. The van der Waals surface area contributed by atoms with E-state index >= 15 is 0 Å². The average molecular weight is 611 g/mol. The summed E-state index contributed by atoms with van der Waals surface area (Å²) >= 11 is 2.03. The Labute approximate surface area is 275 Å². The fourth-order valence-electron chi connectivity index (χ4n) is 8.86. The van der Waals surface area contributed by atoms with Gasteiger partial charge >= 0.3 is 0 Å². The molecule has 0 bridgehead atoms. The molecule has 5 aliphatic rings. The second kappa shape index (κ2) is 8.75. The van der Waals surface area contributed by atoms with E-state index < -0.39 is 0 Å². The van der Waals surface area contributed by atoms with Gasteiger partial charge in [-0.2, -0.15) is 0 Å². The molecule has 222 valence electrons. The topological polar surface area (TPSA) is 6.48 Å². The maximum atomic E-state index is 2.65. The zero-order valence-electron chi connectivity index (χ0n) is 26.7. The molecule has 0 amide bonds. The van der Waals surface area contributed by atoms with Gasteiger partial charge in [-0.1, -0.05) is 63.2 Å². The quantitative estimate of drug-likeness (QED) is 0.181. The van der Waals surface area contributed by atoms with Gasteiger partial charge in [-0.25, -0.2) is 0 Å². The summed E-state index contributed by atoms with van der Waals surface area (Å²) in [5.41, 5.74) is 21.7. The molecule has 2 nitrogen and oxygen atoms in total. The summed E-state index contributed by atoms with van der Waals surface area (Å²) in [4.78, 5) is 5.27. The maximum Gasteiger partial charge on any atom is 0.264 e. The first-order valence-electron chi connectivity index (χ1n) is 17.1. The molecule has 46 heavy (non-hydrogen) atoms. The summed E-state index contributed by atoms with van der Waals surface area (Å²) < 4.78 is 2.89. The lowest BCUT2D eigenvalue weighted by Crippen LogP contribution is -2.61. The lowest BCUT2D eigenvalue weighted by molar-refractivity contribution is 0.591. The van der Waals surface area contributed by atoms with E-state index in [1.165, 1.54) is 125 Å². The monoisotopic (exact) mass is 610 g/mol. The van der Waals surface area contributed by atoms with E-state index in [1.54, 1.807) is 5.56 Å². The molecular weight excluding hydrogens is 575 g/mol. The molecule has 6 aromatic rings.